The number of rotatable bonds is 6. The molecule has 0 saturated carbocycles. The van der Waals surface area contributed by atoms with Gasteiger partial charge in [-0.05, 0) is 54.1 Å². The van der Waals surface area contributed by atoms with Crippen molar-refractivity contribution in [3.63, 3.8) is 0 Å². The van der Waals surface area contributed by atoms with E-state index in [0.717, 1.165) is 33.5 Å². The number of Topliss-reactive ketones (excluding diaryl/α,β-unsaturated/α-hetero) is 1. The lowest BCUT2D eigenvalue weighted by Crippen LogP contribution is -1.98. The molecule has 1 aliphatic rings. The molecule has 0 radical (unpaired) electrons. The lowest BCUT2D eigenvalue weighted by atomic mass is 10.1. The molecule has 1 aromatic heterocycles. The smallest absolute Gasteiger partial charge is 0.231 e. The SMILES string of the molecule is COc1cccc(COc2ccc3c(c2)OC(=Cc2cn(C)c4ccc(OC)cc24)C3=O)c1. The molecule has 4 aromatic rings. The van der Waals surface area contributed by atoms with Crippen LogP contribution in [0.1, 0.15) is 21.5 Å². The van der Waals surface area contributed by atoms with E-state index in [2.05, 4.69) is 0 Å². The van der Waals surface area contributed by atoms with Crippen LogP contribution in [0, 0.1) is 0 Å². The summed E-state index contributed by atoms with van der Waals surface area (Å²) in [7, 11) is 5.24. The van der Waals surface area contributed by atoms with Crippen LogP contribution in [0.2, 0.25) is 0 Å². The molecule has 2 heterocycles. The third-order valence-electron chi connectivity index (χ3n) is 5.70. The number of hydrogen-bond acceptors (Lipinski definition) is 5. The van der Waals surface area contributed by atoms with Crippen molar-refractivity contribution in [1.29, 1.82) is 0 Å². The maximum atomic E-state index is 12.9. The number of ketones is 1. The normalized spacial score (nSPS) is 13.8. The highest BCUT2D eigenvalue weighted by Gasteiger charge is 2.28. The number of aryl methyl sites for hydroxylation is 1. The first-order valence-corrected chi connectivity index (χ1v) is 10.5. The van der Waals surface area contributed by atoms with Crippen molar-refractivity contribution in [3.05, 3.63) is 89.3 Å². The van der Waals surface area contributed by atoms with Gasteiger partial charge in [-0.1, -0.05) is 12.1 Å². The first-order valence-electron chi connectivity index (χ1n) is 10.5. The van der Waals surface area contributed by atoms with Crippen molar-refractivity contribution in [1.82, 2.24) is 4.57 Å². The van der Waals surface area contributed by atoms with Crippen molar-refractivity contribution in [2.75, 3.05) is 14.2 Å². The molecule has 0 N–H and O–H groups in total. The van der Waals surface area contributed by atoms with Crippen molar-refractivity contribution in [2.24, 2.45) is 7.05 Å². The summed E-state index contributed by atoms with van der Waals surface area (Å²) in [6, 6.07) is 18.8. The Morgan fingerprint density at radius 1 is 0.939 bits per heavy atom. The Labute approximate surface area is 191 Å². The van der Waals surface area contributed by atoms with Crippen molar-refractivity contribution >= 4 is 22.8 Å². The molecular formula is C27H23NO5. The zero-order chi connectivity index (χ0) is 22.9. The molecule has 3 aromatic carbocycles. The summed E-state index contributed by atoms with van der Waals surface area (Å²) >= 11 is 0. The molecule has 1 aliphatic heterocycles. The predicted molar refractivity (Wildman–Crippen MR) is 126 cm³/mol. The number of carbonyl (C=O) groups is 1. The number of aromatic nitrogens is 1. The summed E-state index contributed by atoms with van der Waals surface area (Å²) in [5, 5.41) is 0.985. The Morgan fingerprint density at radius 2 is 1.73 bits per heavy atom. The molecule has 6 heteroatoms. The second-order valence-electron chi connectivity index (χ2n) is 7.82. The lowest BCUT2D eigenvalue weighted by molar-refractivity contribution is 0.101. The highest BCUT2D eigenvalue weighted by atomic mass is 16.5. The number of hydrogen-bond donors (Lipinski definition) is 0. The summed E-state index contributed by atoms with van der Waals surface area (Å²) in [5.74, 6) is 2.79. The number of benzene rings is 3. The van der Waals surface area contributed by atoms with Crippen LogP contribution in [0.25, 0.3) is 17.0 Å². The van der Waals surface area contributed by atoms with E-state index >= 15 is 0 Å². The second kappa shape index (κ2) is 8.39. The highest BCUT2D eigenvalue weighted by molar-refractivity contribution is 6.15. The minimum Gasteiger partial charge on any atom is -0.497 e. The minimum absolute atomic E-state index is 0.149. The number of ether oxygens (including phenoxy) is 4. The zero-order valence-electron chi connectivity index (χ0n) is 18.6. The van der Waals surface area contributed by atoms with Gasteiger partial charge >= 0.3 is 0 Å². The van der Waals surface area contributed by atoms with Crippen LogP contribution in [0.5, 0.6) is 23.0 Å². The van der Waals surface area contributed by atoms with Gasteiger partial charge in [-0.2, -0.15) is 0 Å². The molecule has 33 heavy (non-hydrogen) atoms. The molecule has 0 atom stereocenters. The van der Waals surface area contributed by atoms with Gasteiger partial charge in [-0.25, -0.2) is 0 Å². The van der Waals surface area contributed by atoms with Crippen molar-refractivity contribution < 1.29 is 23.7 Å². The van der Waals surface area contributed by atoms with E-state index in [1.54, 1.807) is 38.5 Å². The molecule has 0 amide bonds. The van der Waals surface area contributed by atoms with Crippen LogP contribution in [-0.2, 0) is 13.7 Å². The molecule has 0 unspecified atom stereocenters. The van der Waals surface area contributed by atoms with Crippen LogP contribution >= 0.6 is 0 Å². The first kappa shape index (κ1) is 20.7. The monoisotopic (exact) mass is 441 g/mol. The quantitative estimate of drug-likeness (QED) is 0.376. The Kier molecular flexibility index (Phi) is 5.26. The van der Waals surface area contributed by atoms with E-state index in [0.29, 0.717) is 23.7 Å². The van der Waals surface area contributed by atoms with Crippen molar-refractivity contribution in [3.8, 4) is 23.0 Å². The van der Waals surface area contributed by atoms with Crippen LogP contribution in [0.15, 0.2) is 72.6 Å². The molecule has 0 bridgehead atoms. The van der Waals surface area contributed by atoms with Gasteiger partial charge in [0.15, 0.2) is 5.76 Å². The largest absolute Gasteiger partial charge is 0.497 e. The molecule has 5 rings (SSSR count). The number of carbonyl (C=O) groups excluding carboxylic acids is 1. The van der Waals surface area contributed by atoms with E-state index in [1.807, 2.05) is 60.3 Å². The summed E-state index contributed by atoms with van der Waals surface area (Å²) in [6.45, 7) is 0.379. The molecule has 0 spiro atoms. The Hall–Kier alpha value is -4.19. The molecule has 6 nitrogen and oxygen atoms in total. The van der Waals surface area contributed by atoms with E-state index in [1.165, 1.54) is 0 Å². The molecule has 0 aliphatic carbocycles. The minimum atomic E-state index is -0.149. The van der Waals surface area contributed by atoms with Gasteiger partial charge in [0.1, 0.15) is 29.6 Å². The van der Waals surface area contributed by atoms with Crippen LogP contribution in [0.4, 0.5) is 0 Å². The zero-order valence-corrected chi connectivity index (χ0v) is 18.6. The van der Waals surface area contributed by atoms with Gasteiger partial charge in [-0.15, -0.1) is 0 Å². The second-order valence-corrected chi connectivity index (χ2v) is 7.82. The van der Waals surface area contributed by atoms with Gasteiger partial charge in [0.05, 0.1) is 19.8 Å². The van der Waals surface area contributed by atoms with E-state index in [9.17, 15) is 4.79 Å². The topological polar surface area (TPSA) is 58.9 Å². The van der Waals surface area contributed by atoms with E-state index in [4.69, 9.17) is 18.9 Å². The Balaban J connectivity index is 1.39. The highest BCUT2D eigenvalue weighted by Crippen LogP contribution is 2.36. The maximum absolute atomic E-state index is 12.9. The third-order valence-corrected chi connectivity index (χ3v) is 5.70. The van der Waals surface area contributed by atoms with Crippen LogP contribution in [0.3, 0.4) is 0 Å². The van der Waals surface area contributed by atoms with Gasteiger partial charge in [0.2, 0.25) is 5.78 Å². The summed E-state index contributed by atoms with van der Waals surface area (Å²) < 4.78 is 24.5. The average molecular weight is 441 g/mol. The Morgan fingerprint density at radius 3 is 2.55 bits per heavy atom. The standard InChI is InChI=1S/C27H23NO5/c1-28-15-18(23-13-20(31-3)8-10-24(23)28)12-26-27(29)22-9-7-21(14-25(22)33-26)32-16-17-5-4-6-19(11-17)30-2/h4-15H,16H2,1-3H3. The molecule has 0 fully saturated rings. The van der Waals surface area contributed by atoms with Gasteiger partial charge < -0.3 is 23.5 Å². The molecular weight excluding hydrogens is 418 g/mol. The Bertz CT molecular complexity index is 1400. The van der Waals surface area contributed by atoms with Gasteiger partial charge in [-0.3, -0.25) is 4.79 Å². The van der Waals surface area contributed by atoms with Crippen LogP contribution in [-0.4, -0.2) is 24.6 Å². The van der Waals surface area contributed by atoms with Crippen molar-refractivity contribution in [2.45, 2.75) is 6.61 Å². The fourth-order valence-corrected chi connectivity index (χ4v) is 3.97. The summed E-state index contributed by atoms with van der Waals surface area (Å²) in [5.41, 5.74) is 3.43. The van der Waals surface area contributed by atoms with Gasteiger partial charge in [0, 0.05) is 35.8 Å². The van der Waals surface area contributed by atoms with E-state index < -0.39 is 0 Å². The molecule has 166 valence electrons. The number of nitrogens with zero attached hydrogens (tertiary/aromatic N) is 1. The molecule has 0 saturated heterocycles. The fourth-order valence-electron chi connectivity index (χ4n) is 3.97. The maximum Gasteiger partial charge on any atom is 0.231 e. The lowest BCUT2D eigenvalue weighted by Gasteiger charge is -2.08. The summed E-state index contributed by atoms with van der Waals surface area (Å²) in [4.78, 5) is 12.9. The number of allylic oxidation sites excluding steroid dienone is 1. The summed E-state index contributed by atoms with van der Waals surface area (Å²) in [6.07, 6.45) is 3.75. The number of fused-ring (bicyclic) bond motifs is 2. The van der Waals surface area contributed by atoms with Crippen LogP contribution < -0.4 is 18.9 Å². The first-order chi connectivity index (χ1) is 16.1. The fraction of sp³-hybridized carbons (Fsp3) is 0.148. The van der Waals surface area contributed by atoms with Gasteiger partial charge in [0.25, 0.3) is 0 Å². The predicted octanol–water partition coefficient (Wildman–Crippen LogP) is 5.39. The average Bonchev–Trinajstić information content (AvgIpc) is 3.33. The number of methoxy groups -OCH3 is 2. The van der Waals surface area contributed by atoms with E-state index in [-0.39, 0.29) is 11.5 Å². The third kappa shape index (κ3) is 3.91.